The quantitative estimate of drug-likeness (QED) is 0.816. The highest BCUT2D eigenvalue weighted by atomic mass is 16.4. The summed E-state index contributed by atoms with van der Waals surface area (Å²) in [5, 5.41) is 19.5. The number of carbonyl (C=O) groups excluding carboxylic acids is 2. The Bertz CT molecular complexity index is 845. The highest BCUT2D eigenvalue weighted by Crippen LogP contribution is 2.30. The zero-order chi connectivity index (χ0) is 16.0. The Morgan fingerprint density at radius 3 is 1.41 bits per heavy atom. The van der Waals surface area contributed by atoms with Crippen LogP contribution < -0.4 is 0 Å². The number of rotatable bonds is 2. The van der Waals surface area contributed by atoms with Crippen molar-refractivity contribution in [3.63, 3.8) is 0 Å². The summed E-state index contributed by atoms with van der Waals surface area (Å²) >= 11 is 0. The van der Waals surface area contributed by atoms with Crippen molar-refractivity contribution < 1.29 is 29.4 Å². The van der Waals surface area contributed by atoms with Crippen molar-refractivity contribution in [2.24, 2.45) is 0 Å². The van der Waals surface area contributed by atoms with Crippen molar-refractivity contribution in [3.8, 4) is 0 Å². The molecule has 2 aromatic rings. The molecule has 0 aromatic heterocycles. The number of benzene rings is 2. The maximum absolute atomic E-state index is 12.3. The number of ketones is 2. The van der Waals surface area contributed by atoms with Gasteiger partial charge >= 0.3 is 11.9 Å². The molecule has 0 saturated heterocycles. The van der Waals surface area contributed by atoms with Gasteiger partial charge in [0.15, 0.2) is 0 Å². The predicted molar refractivity (Wildman–Crippen MR) is 74.9 cm³/mol. The van der Waals surface area contributed by atoms with Gasteiger partial charge in [0, 0.05) is 11.1 Å². The molecule has 0 heterocycles. The van der Waals surface area contributed by atoms with Gasteiger partial charge in [0.2, 0.25) is 11.6 Å². The molecule has 0 bridgehead atoms. The lowest BCUT2D eigenvalue weighted by atomic mass is 9.82. The van der Waals surface area contributed by atoms with Crippen molar-refractivity contribution >= 4 is 34.3 Å². The van der Waals surface area contributed by atoms with E-state index in [-0.39, 0.29) is 11.1 Å². The summed E-state index contributed by atoms with van der Waals surface area (Å²) in [5.41, 5.74) is -2.18. The van der Waals surface area contributed by atoms with Gasteiger partial charge in [0.05, 0.1) is 0 Å². The van der Waals surface area contributed by atoms with Gasteiger partial charge in [-0.2, -0.15) is 0 Å². The van der Waals surface area contributed by atoms with E-state index in [4.69, 9.17) is 10.2 Å². The number of fused-ring (bicyclic) bond motifs is 2. The maximum Gasteiger partial charge on any atom is 0.340 e. The van der Waals surface area contributed by atoms with Crippen LogP contribution in [0.3, 0.4) is 0 Å². The van der Waals surface area contributed by atoms with E-state index < -0.39 is 34.7 Å². The predicted octanol–water partition coefficient (Wildman–Crippen LogP) is 1.68. The van der Waals surface area contributed by atoms with E-state index in [9.17, 15) is 19.2 Å². The summed E-state index contributed by atoms with van der Waals surface area (Å²) in [7, 11) is 0. The monoisotopic (exact) mass is 296 g/mol. The minimum atomic E-state index is -1.73. The number of hydrogen-bond donors (Lipinski definition) is 2. The minimum absolute atomic E-state index is 0.0916. The van der Waals surface area contributed by atoms with Crippen LogP contribution in [0.2, 0.25) is 0 Å². The molecule has 0 amide bonds. The smallest absolute Gasteiger partial charge is 0.340 e. The standard InChI is InChI=1S/C16H8O6/c17-13-9-5-7-3-1-2-4-8(7)6-10(9)14(18)12(16(21)22)11(13)15(19)20/h1-6H,(H,19,20)(H,21,22). The number of carboxylic acids is 2. The van der Waals surface area contributed by atoms with E-state index in [1.54, 1.807) is 24.3 Å². The van der Waals surface area contributed by atoms with E-state index in [0.29, 0.717) is 10.8 Å². The molecule has 1 aliphatic rings. The minimum Gasteiger partial charge on any atom is -0.478 e. The number of carboxylic acid groups (broad SMARTS) is 2. The SMILES string of the molecule is O=C(O)C1=C(C(=O)O)C(=O)c2cc3ccccc3cc2C1=O. The Hall–Kier alpha value is -3.28. The van der Waals surface area contributed by atoms with E-state index >= 15 is 0 Å². The average molecular weight is 296 g/mol. The van der Waals surface area contributed by atoms with Crippen LogP contribution in [0.1, 0.15) is 20.7 Å². The normalized spacial score (nSPS) is 14.2. The van der Waals surface area contributed by atoms with Crippen LogP contribution in [0.15, 0.2) is 47.5 Å². The van der Waals surface area contributed by atoms with E-state index in [0.717, 1.165) is 0 Å². The van der Waals surface area contributed by atoms with Crippen LogP contribution in [0.5, 0.6) is 0 Å². The second-order valence-corrected chi connectivity index (χ2v) is 4.76. The van der Waals surface area contributed by atoms with E-state index in [2.05, 4.69) is 0 Å². The van der Waals surface area contributed by atoms with Crippen molar-refractivity contribution in [1.82, 2.24) is 0 Å². The van der Waals surface area contributed by atoms with Gasteiger partial charge in [-0.15, -0.1) is 0 Å². The summed E-state index contributed by atoms with van der Waals surface area (Å²) in [6, 6.07) is 9.72. The number of aliphatic carboxylic acids is 2. The number of Topliss-reactive ketones (excluding diaryl/α,β-unsaturated/α-hetero) is 2. The molecule has 0 atom stereocenters. The van der Waals surface area contributed by atoms with Gasteiger partial charge in [-0.25, -0.2) is 9.59 Å². The van der Waals surface area contributed by atoms with Crippen molar-refractivity contribution in [3.05, 3.63) is 58.7 Å². The summed E-state index contributed by atoms with van der Waals surface area (Å²) in [6.45, 7) is 0. The Kier molecular flexibility index (Phi) is 2.88. The molecule has 0 aliphatic heterocycles. The van der Waals surface area contributed by atoms with Crippen LogP contribution in [0, 0.1) is 0 Å². The summed E-state index contributed by atoms with van der Waals surface area (Å²) < 4.78 is 0. The first-order valence-corrected chi connectivity index (χ1v) is 6.25. The Morgan fingerprint density at radius 2 is 1.09 bits per heavy atom. The molecule has 22 heavy (non-hydrogen) atoms. The summed E-state index contributed by atoms with van der Waals surface area (Å²) in [6.07, 6.45) is 0. The third-order valence-electron chi connectivity index (χ3n) is 3.51. The highest BCUT2D eigenvalue weighted by Gasteiger charge is 2.39. The molecule has 0 fully saturated rings. The Morgan fingerprint density at radius 1 is 0.727 bits per heavy atom. The molecule has 6 heteroatoms. The Balaban J connectivity index is 2.37. The molecule has 2 aromatic carbocycles. The third kappa shape index (κ3) is 1.81. The van der Waals surface area contributed by atoms with E-state index in [1.807, 2.05) is 0 Å². The first kappa shape index (κ1) is 13.7. The molecule has 1 aliphatic carbocycles. The molecule has 0 spiro atoms. The van der Waals surface area contributed by atoms with Crippen LogP contribution >= 0.6 is 0 Å². The van der Waals surface area contributed by atoms with Crippen molar-refractivity contribution in [2.45, 2.75) is 0 Å². The largest absolute Gasteiger partial charge is 0.478 e. The fraction of sp³-hybridized carbons (Fsp3) is 0. The topological polar surface area (TPSA) is 109 Å². The lowest BCUT2D eigenvalue weighted by Crippen LogP contribution is -2.30. The summed E-state index contributed by atoms with van der Waals surface area (Å²) in [5.74, 6) is -5.39. The van der Waals surface area contributed by atoms with Crippen LogP contribution in [-0.2, 0) is 9.59 Å². The lowest BCUT2D eigenvalue weighted by Gasteiger charge is -2.17. The van der Waals surface area contributed by atoms with Gasteiger partial charge in [0.25, 0.3) is 0 Å². The van der Waals surface area contributed by atoms with Gasteiger partial charge in [-0.1, -0.05) is 24.3 Å². The molecule has 0 radical (unpaired) electrons. The Labute approximate surface area is 123 Å². The van der Waals surface area contributed by atoms with Gasteiger partial charge in [0.1, 0.15) is 11.1 Å². The zero-order valence-corrected chi connectivity index (χ0v) is 11.0. The molecular weight excluding hydrogens is 288 g/mol. The van der Waals surface area contributed by atoms with Gasteiger partial charge < -0.3 is 10.2 Å². The van der Waals surface area contributed by atoms with Crippen molar-refractivity contribution in [1.29, 1.82) is 0 Å². The molecule has 0 unspecified atom stereocenters. The van der Waals surface area contributed by atoms with Crippen LogP contribution in [0.25, 0.3) is 10.8 Å². The van der Waals surface area contributed by atoms with Crippen molar-refractivity contribution in [2.75, 3.05) is 0 Å². The molecule has 2 N–H and O–H groups in total. The second kappa shape index (κ2) is 4.63. The second-order valence-electron chi connectivity index (χ2n) is 4.76. The molecular formula is C16H8O6. The van der Waals surface area contributed by atoms with Gasteiger partial charge in [-0.3, -0.25) is 9.59 Å². The number of hydrogen-bond acceptors (Lipinski definition) is 4. The first-order valence-electron chi connectivity index (χ1n) is 6.25. The fourth-order valence-electron chi connectivity index (χ4n) is 2.52. The van der Waals surface area contributed by atoms with Gasteiger partial charge in [-0.05, 0) is 22.9 Å². The molecule has 3 rings (SSSR count). The zero-order valence-electron chi connectivity index (χ0n) is 11.0. The fourth-order valence-corrected chi connectivity index (χ4v) is 2.52. The number of carbonyl (C=O) groups is 4. The maximum atomic E-state index is 12.3. The van der Waals surface area contributed by atoms with Crippen LogP contribution in [0.4, 0.5) is 0 Å². The summed E-state index contributed by atoms with van der Waals surface area (Å²) in [4.78, 5) is 47.0. The van der Waals surface area contributed by atoms with E-state index in [1.165, 1.54) is 12.1 Å². The molecule has 6 nitrogen and oxygen atoms in total. The molecule has 0 saturated carbocycles. The lowest BCUT2D eigenvalue weighted by molar-refractivity contribution is -0.135. The molecule has 108 valence electrons. The third-order valence-corrected chi connectivity index (χ3v) is 3.51. The average Bonchev–Trinajstić information content (AvgIpc) is 2.48. The van der Waals surface area contributed by atoms with Crippen LogP contribution in [-0.4, -0.2) is 33.7 Å². The highest BCUT2D eigenvalue weighted by molar-refractivity contribution is 6.41. The first-order chi connectivity index (χ1) is 10.4.